The lowest BCUT2D eigenvalue weighted by atomic mass is 9.78. The van der Waals surface area contributed by atoms with E-state index in [0.717, 1.165) is 11.1 Å². The highest BCUT2D eigenvalue weighted by atomic mass is 16.5. The van der Waals surface area contributed by atoms with Crippen molar-refractivity contribution < 1.29 is 19.5 Å². The molecule has 0 unspecified atom stereocenters. The molecule has 0 aromatic heterocycles. The molecule has 0 saturated heterocycles. The van der Waals surface area contributed by atoms with Crippen LogP contribution in [0, 0.1) is 0 Å². The normalized spacial score (nSPS) is 10.7. The zero-order valence-electron chi connectivity index (χ0n) is 13.3. The van der Waals surface area contributed by atoms with Gasteiger partial charge < -0.3 is 19.5 Å². The van der Waals surface area contributed by atoms with E-state index in [1.807, 2.05) is 12.1 Å². The van der Waals surface area contributed by atoms with Crippen LogP contribution in [-0.2, 0) is 0 Å². The minimum atomic E-state index is -1.61. The Bertz CT molecular complexity index is 636. The van der Waals surface area contributed by atoms with Crippen LogP contribution in [0.15, 0.2) is 36.4 Å². The first-order chi connectivity index (χ1) is 10.5. The lowest BCUT2D eigenvalue weighted by Crippen LogP contribution is -2.31. The van der Waals surface area contributed by atoms with E-state index >= 15 is 0 Å². The maximum absolute atomic E-state index is 9.43. The molecule has 4 nitrogen and oxygen atoms in total. The van der Waals surface area contributed by atoms with Crippen LogP contribution in [0.3, 0.4) is 0 Å². The molecule has 5 heteroatoms. The molecule has 0 spiro atoms. The summed E-state index contributed by atoms with van der Waals surface area (Å²) in [5.74, 6) is 1.46. The molecule has 0 atom stereocenters. The third kappa shape index (κ3) is 3.26. The van der Waals surface area contributed by atoms with Gasteiger partial charge in [-0.2, -0.15) is 0 Å². The van der Waals surface area contributed by atoms with Crippen molar-refractivity contribution in [3.05, 3.63) is 42.0 Å². The molecule has 2 rings (SSSR count). The predicted octanol–water partition coefficient (Wildman–Crippen LogP) is 2.17. The van der Waals surface area contributed by atoms with Crippen molar-refractivity contribution in [2.75, 3.05) is 14.2 Å². The van der Waals surface area contributed by atoms with Crippen LogP contribution in [0.2, 0.25) is 0 Å². The molecule has 0 aliphatic carbocycles. The standard InChI is InChI=1S/C17H21BO4/c1-11(2)12-5-7-13(8-6-12)14-9-17(22-4)15(18(19)20)10-16(14)21-3/h5-11,19-20H,1-4H3. The lowest BCUT2D eigenvalue weighted by Gasteiger charge is -2.15. The fourth-order valence-electron chi connectivity index (χ4n) is 2.40. The highest BCUT2D eigenvalue weighted by Crippen LogP contribution is 2.33. The number of hydrogen-bond acceptors (Lipinski definition) is 4. The van der Waals surface area contributed by atoms with Gasteiger partial charge in [0.15, 0.2) is 0 Å². The van der Waals surface area contributed by atoms with Crippen LogP contribution in [0.5, 0.6) is 11.5 Å². The highest BCUT2D eigenvalue weighted by Gasteiger charge is 2.21. The molecule has 116 valence electrons. The van der Waals surface area contributed by atoms with Crippen LogP contribution in [0.25, 0.3) is 11.1 Å². The number of ether oxygens (including phenoxy) is 2. The molecule has 0 bridgehead atoms. The molecular weight excluding hydrogens is 279 g/mol. The van der Waals surface area contributed by atoms with E-state index in [1.54, 1.807) is 19.2 Å². The van der Waals surface area contributed by atoms with E-state index < -0.39 is 7.12 Å². The molecule has 0 radical (unpaired) electrons. The molecule has 22 heavy (non-hydrogen) atoms. The highest BCUT2D eigenvalue weighted by molar-refractivity contribution is 6.59. The molecular formula is C17H21BO4. The average Bonchev–Trinajstić information content (AvgIpc) is 2.53. The van der Waals surface area contributed by atoms with E-state index in [4.69, 9.17) is 9.47 Å². The van der Waals surface area contributed by atoms with Gasteiger partial charge in [-0.1, -0.05) is 38.1 Å². The van der Waals surface area contributed by atoms with Crippen LogP contribution < -0.4 is 14.9 Å². The molecule has 0 amide bonds. The largest absolute Gasteiger partial charge is 0.497 e. The van der Waals surface area contributed by atoms with Crippen LogP contribution >= 0.6 is 0 Å². The molecule has 0 fully saturated rings. The van der Waals surface area contributed by atoms with Crippen molar-refractivity contribution in [3.8, 4) is 22.6 Å². The van der Waals surface area contributed by atoms with Crippen molar-refractivity contribution in [1.29, 1.82) is 0 Å². The first-order valence-corrected chi connectivity index (χ1v) is 7.20. The van der Waals surface area contributed by atoms with Crippen LogP contribution in [0.4, 0.5) is 0 Å². The third-order valence-electron chi connectivity index (χ3n) is 3.72. The number of hydrogen-bond donors (Lipinski definition) is 2. The second kappa shape index (κ2) is 6.86. The van der Waals surface area contributed by atoms with Crippen LogP contribution in [0.1, 0.15) is 25.3 Å². The van der Waals surface area contributed by atoms with E-state index in [9.17, 15) is 10.0 Å². The van der Waals surface area contributed by atoms with Gasteiger partial charge in [0.1, 0.15) is 11.5 Å². The molecule has 0 saturated carbocycles. The molecule has 2 aromatic rings. The third-order valence-corrected chi connectivity index (χ3v) is 3.72. The zero-order valence-corrected chi connectivity index (χ0v) is 13.3. The minimum absolute atomic E-state index is 0.280. The minimum Gasteiger partial charge on any atom is -0.497 e. The van der Waals surface area contributed by atoms with Gasteiger partial charge >= 0.3 is 7.12 Å². The summed E-state index contributed by atoms with van der Waals surface area (Å²) in [6.07, 6.45) is 0. The Labute approximate surface area is 131 Å². The van der Waals surface area contributed by atoms with Gasteiger partial charge in [0.2, 0.25) is 0 Å². The average molecular weight is 300 g/mol. The molecule has 0 aliphatic rings. The molecule has 0 heterocycles. The summed E-state index contributed by atoms with van der Waals surface area (Å²) >= 11 is 0. The van der Waals surface area contributed by atoms with E-state index in [2.05, 4.69) is 26.0 Å². The summed E-state index contributed by atoms with van der Waals surface area (Å²) in [6.45, 7) is 4.30. The fourth-order valence-corrected chi connectivity index (χ4v) is 2.40. The summed E-state index contributed by atoms with van der Waals surface area (Å²) in [5.41, 5.74) is 3.37. The van der Waals surface area contributed by atoms with Gasteiger partial charge in [0.25, 0.3) is 0 Å². The van der Waals surface area contributed by atoms with E-state index in [0.29, 0.717) is 17.4 Å². The van der Waals surface area contributed by atoms with E-state index in [1.165, 1.54) is 12.7 Å². The Hall–Kier alpha value is -1.98. The number of benzene rings is 2. The van der Waals surface area contributed by atoms with Crippen molar-refractivity contribution in [1.82, 2.24) is 0 Å². The van der Waals surface area contributed by atoms with Crippen molar-refractivity contribution >= 4 is 12.6 Å². The van der Waals surface area contributed by atoms with E-state index in [-0.39, 0.29) is 5.46 Å². The maximum atomic E-state index is 9.43. The van der Waals surface area contributed by atoms with Gasteiger partial charge in [-0.15, -0.1) is 0 Å². The zero-order chi connectivity index (χ0) is 16.3. The lowest BCUT2D eigenvalue weighted by molar-refractivity contribution is 0.396. The fraction of sp³-hybridized carbons (Fsp3) is 0.294. The first-order valence-electron chi connectivity index (χ1n) is 7.20. The summed E-state index contributed by atoms with van der Waals surface area (Å²) in [7, 11) is 1.45. The Balaban J connectivity index is 2.53. The summed E-state index contributed by atoms with van der Waals surface area (Å²) < 4.78 is 10.6. The molecule has 2 aromatic carbocycles. The van der Waals surface area contributed by atoms with Crippen molar-refractivity contribution in [2.24, 2.45) is 0 Å². The molecule has 0 aliphatic heterocycles. The second-order valence-electron chi connectivity index (χ2n) is 5.44. The molecule has 2 N–H and O–H groups in total. The monoisotopic (exact) mass is 300 g/mol. The maximum Gasteiger partial charge on any atom is 0.492 e. The number of methoxy groups -OCH3 is 2. The van der Waals surface area contributed by atoms with Gasteiger partial charge in [0, 0.05) is 11.0 Å². The number of rotatable bonds is 5. The summed E-state index contributed by atoms with van der Waals surface area (Å²) in [6, 6.07) is 11.6. The van der Waals surface area contributed by atoms with Crippen LogP contribution in [-0.4, -0.2) is 31.4 Å². The SMILES string of the molecule is COc1cc(-c2ccc(C(C)C)cc2)c(OC)cc1B(O)O. The smallest absolute Gasteiger partial charge is 0.492 e. The van der Waals surface area contributed by atoms with Gasteiger partial charge in [-0.25, -0.2) is 0 Å². The Morgan fingerprint density at radius 3 is 1.95 bits per heavy atom. The predicted molar refractivity (Wildman–Crippen MR) is 88.9 cm³/mol. The Morgan fingerprint density at radius 1 is 0.909 bits per heavy atom. The quantitative estimate of drug-likeness (QED) is 0.831. The Morgan fingerprint density at radius 2 is 1.50 bits per heavy atom. The summed E-state index contributed by atoms with van der Waals surface area (Å²) in [5, 5.41) is 18.9. The first kappa shape index (κ1) is 16.4. The van der Waals surface area contributed by atoms with Gasteiger partial charge in [-0.3, -0.25) is 0 Å². The van der Waals surface area contributed by atoms with Crippen molar-refractivity contribution in [2.45, 2.75) is 19.8 Å². The Kier molecular flexibility index (Phi) is 5.11. The summed E-state index contributed by atoms with van der Waals surface area (Å²) in [4.78, 5) is 0. The van der Waals surface area contributed by atoms with Crippen molar-refractivity contribution in [3.63, 3.8) is 0 Å². The van der Waals surface area contributed by atoms with Gasteiger partial charge in [0.05, 0.1) is 14.2 Å². The van der Waals surface area contributed by atoms with Gasteiger partial charge in [-0.05, 0) is 29.2 Å². The second-order valence-corrected chi connectivity index (χ2v) is 5.44. The topological polar surface area (TPSA) is 58.9 Å².